The summed E-state index contributed by atoms with van der Waals surface area (Å²) >= 11 is 1.31. The topological polar surface area (TPSA) is 98.1 Å². The fraction of sp³-hybridized carbons (Fsp3) is 0.360. The maximum atomic E-state index is 12.8. The first kappa shape index (κ1) is 25.3. The molecule has 0 spiro atoms. The second kappa shape index (κ2) is 11.2. The van der Waals surface area contributed by atoms with E-state index in [1.165, 1.54) is 11.8 Å². The van der Waals surface area contributed by atoms with Gasteiger partial charge < -0.3 is 19.9 Å². The Labute approximate surface area is 204 Å². The molecule has 0 bridgehead atoms. The van der Waals surface area contributed by atoms with Crippen molar-refractivity contribution in [3.8, 4) is 5.75 Å². The summed E-state index contributed by atoms with van der Waals surface area (Å²) in [6.45, 7) is 7.96. The molecule has 0 unspecified atom stereocenters. The van der Waals surface area contributed by atoms with Crippen LogP contribution in [0, 0.1) is 19.8 Å². The number of nitrogens with one attached hydrogen (secondary N) is 2. The molecule has 0 aliphatic carbocycles. The van der Waals surface area contributed by atoms with Gasteiger partial charge in [-0.1, -0.05) is 43.8 Å². The van der Waals surface area contributed by atoms with Crippen LogP contribution in [0.1, 0.15) is 47.2 Å². The summed E-state index contributed by atoms with van der Waals surface area (Å²) < 4.78 is 6.99. The molecule has 0 radical (unpaired) electrons. The molecular weight excluding hydrogens is 450 g/mol. The van der Waals surface area contributed by atoms with E-state index in [2.05, 4.69) is 20.8 Å². The van der Waals surface area contributed by atoms with E-state index < -0.39 is 0 Å². The van der Waals surface area contributed by atoms with Crippen molar-refractivity contribution in [1.29, 1.82) is 0 Å². The van der Waals surface area contributed by atoms with Gasteiger partial charge in [0.1, 0.15) is 5.75 Å². The van der Waals surface area contributed by atoms with Crippen molar-refractivity contribution in [2.24, 2.45) is 13.0 Å². The van der Waals surface area contributed by atoms with Gasteiger partial charge in [0.05, 0.1) is 18.9 Å². The van der Waals surface area contributed by atoms with Crippen LogP contribution in [-0.2, 0) is 11.8 Å². The van der Waals surface area contributed by atoms with Crippen molar-refractivity contribution in [2.45, 2.75) is 38.9 Å². The Balaban J connectivity index is 1.67. The van der Waals surface area contributed by atoms with Gasteiger partial charge in [-0.15, -0.1) is 10.2 Å². The molecule has 180 valence electrons. The molecule has 0 fully saturated rings. The van der Waals surface area contributed by atoms with Crippen molar-refractivity contribution in [3.63, 3.8) is 0 Å². The Hall–Kier alpha value is -3.33. The third-order valence-electron chi connectivity index (χ3n) is 5.53. The van der Waals surface area contributed by atoms with Gasteiger partial charge in [0.2, 0.25) is 5.91 Å². The highest BCUT2D eigenvalue weighted by Crippen LogP contribution is 2.25. The number of para-hydroxylation sites is 1. The quantitative estimate of drug-likeness (QED) is 0.442. The van der Waals surface area contributed by atoms with Crippen LogP contribution in [0.25, 0.3) is 0 Å². The summed E-state index contributed by atoms with van der Waals surface area (Å²) in [5.74, 6) is 1.29. The maximum absolute atomic E-state index is 12.8. The molecule has 1 heterocycles. The van der Waals surface area contributed by atoms with Gasteiger partial charge in [-0.2, -0.15) is 0 Å². The van der Waals surface area contributed by atoms with Crippen LogP contribution in [0.15, 0.2) is 47.6 Å². The van der Waals surface area contributed by atoms with E-state index in [0.29, 0.717) is 22.3 Å². The Morgan fingerprint density at radius 2 is 1.71 bits per heavy atom. The number of carbonyl (C=O) groups excluding carboxylic acids is 2. The SMILES string of the molecule is COc1ccc(C(=O)N[C@H](c2nnc(SCC(=O)Nc3c(C)cccc3C)n2C)C(C)C)cc1. The molecular formula is C25H31N5O3S. The van der Waals surface area contributed by atoms with Crippen LogP contribution in [0.3, 0.4) is 0 Å². The highest BCUT2D eigenvalue weighted by molar-refractivity contribution is 7.99. The van der Waals surface area contributed by atoms with E-state index in [9.17, 15) is 9.59 Å². The average molecular weight is 482 g/mol. The van der Waals surface area contributed by atoms with Gasteiger partial charge in [0.25, 0.3) is 5.91 Å². The molecule has 2 N–H and O–H groups in total. The van der Waals surface area contributed by atoms with Gasteiger partial charge in [-0.05, 0) is 55.2 Å². The van der Waals surface area contributed by atoms with E-state index in [1.54, 1.807) is 31.4 Å². The molecule has 3 rings (SSSR count). The summed E-state index contributed by atoms with van der Waals surface area (Å²) in [6.07, 6.45) is 0. The summed E-state index contributed by atoms with van der Waals surface area (Å²) in [5.41, 5.74) is 3.41. The number of nitrogens with zero attached hydrogens (tertiary/aromatic N) is 3. The maximum Gasteiger partial charge on any atom is 0.251 e. The van der Waals surface area contributed by atoms with Crippen LogP contribution < -0.4 is 15.4 Å². The van der Waals surface area contributed by atoms with Gasteiger partial charge >= 0.3 is 0 Å². The zero-order valence-electron chi connectivity index (χ0n) is 20.4. The average Bonchev–Trinajstić information content (AvgIpc) is 3.18. The van der Waals surface area contributed by atoms with Crippen molar-refractivity contribution < 1.29 is 14.3 Å². The standard InChI is InChI=1S/C25H31N5O3S/c1-15(2)21(27-24(32)18-10-12-19(33-6)13-11-18)23-28-29-25(30(23)5)34-14-20(31)26-22-16(3)8-7-9-17(22)4/h7-13,15,21H,14H2,1-6H3,(H,26,31)(H,27,32)/t21-/m0/s1. The van der Waals surface area contributed by atoms with E-state index in [4.69, 9.17) is 4.74 Å². The van der Waals surface area contributed by atoms with Crippen molar-refractivity contribution in [2.75, 3.05) is 18.2 Å². The van der Waals surface area contributed by atoms with Crippen LogP contribution in [0.5, 0.6) is 5.75 Å². The third-order valence-corrected chi connectivity index (χ3v) is 6.55. The number of rotatable bonds is 9. The number of hydrogen-bond acceptors (Lipinski definition) is 6. The van der Waals surface area contributed by atoms with E-state index in [0.717, 1.165) is 16.8 Å². The molecule has 0 aliphatic rings. The first-order valence-corrected chi connectivity index (χ1v) is 12.0. The van der Waals surface area contributed by atoms with Gasteiger partial charge in [0, 0.05) is 18.3 Å². The molecule has 2 amide bonds. The zero-order chi connectivity index (χ0) is 24.8. The number of carbonyl (C=O) groups is 2. The Kier molecular flexibility index (Phi) is 8.33. The number of benzene rings is 2. The number of aromatic nitrogens is 3. The van der Waals surface area contributed by atoms with E-state index in [-0.39, 0.29) is 29.5 Å². The predicted molar refractivity (Wildman–Crippen MR) is 134 cm³/mol. The van der Waals surface area contributed by atoms with Gasteiger partial charge in [-0.3, -0.25) is 9.59 Å². The molecule has 9 heteroatoms. The highest BCUT2D eigenvalue weighted by atomic mass is 32.2. The first-order chi connectivity index (χ1) is 16.2. The normalized spacial score (nSPS) is 11.9. The lowest BCUT2D eigenvalue weighted by atomic mass is 10.0. The fourth-order valence-corrected chi connectivity index (χ4v) is 4.25. The Bertz CT molecular complexity index is 1140. The van der Waals surface area contributed by atoms with Crippen LogP contribution in [-0.4, -0.2) is 39.4 Å². The number of methoxy groups -OCH3 is 1. The molecule has 3 aromatic rings. The Morgan fingerprint density at radius 3 is 2.29 bits per heavy atom. The lowest BCUT2D eigenvalue weighted by Gasteiger charge is -2.21. The minimum Gasteiger partial charge on any atom is -0.497 e. The minimum absolute atomic E-state index is 0.0790. The molecule has 8 nitrogen and oxygen atoms in total. The second-order valence-corrected chi connectivity index (χ2v) is 9.37. The molecule has 34 heavy (non-hydrogen) atoms. The summed E-state index contributed by atoms with van der Waals surface area (Å²) in [6, 6.07) is 12.5. The number of aryl methyl sites for hydroxylation is 2. The smallest absolute Gasteiger partial charge is 0.251 e. The van der Waals surface area contributed by atoms with Gasteiger partial charge in [-0.25, -0.2) is 0 Å². The molecule has 1 aromatic heterocycles. The number of anilines is 1. The fourth-order valence-electron chi connectivity index (χ4n) is 3.54. The first-order valence-electron chi connectivity index (χ1n) is 11.0. The summed E-state index contributed by atoms with van der Waals surface area (Å²) in [5, 5.41) is 15.2. The molecule has 0 saturated heterocycles. The zero-order valence-corrected chi connectivity index (χ0v) is 21.2. The largest absolute Gasteiger partial charge is 0.497 e. The number of hydrogen-bond donors (Lipinski definition) is 2. The molecule has 1 atom stereocenters. The van der Waals surface area contributed by atoms with Crippen molar-refractivity contribution in [1.82, 2.24) is 20.1 Å². The van der Waals surface area contributed by atoms with Crippen LogP contribution in [0.4, 0.5) is 5.69 Å². The molecule has 0 aliphatic heterocycles. The van der Waals surface area contributed by atoms with E-state index >= 15 is 0 Å². The third kappa shape index (κ3) is 5.96. The Morgan fingerprint density at radius 1 is 1.06 bits per heavy atom. The molecule has 2 aromatic carbocycles. The lowest BCUT2D eigenvalue weighted by molar-refractivity contribution is -0.113. The summed E-state index contributed by atoms with van der Waals surface area (Å²) in [4.78, 5) is 25.4. The highest BCUT2D eigenvalue weighted by Gasteiger charge is 2.25. The van der Waals surface area contributed by atoms with Crippen molar-refractivity contribution in [3.05, 3.63) is 65.0 Å². The monoisotopic (exact) mass is 481 g/mol. The van der Waals surface area contributed by atoms with E-state index in [1.807, 2.05) is 57.5 Å². The molecule has 0 saturated carbocycles. The number of amides is 2. The minimum atomic E-state index is -0.343. The summed E-state index contributed by atoms with van der Waals surface area (Å²) in [7, 11) is 3.43. The predicted octanol–water partition coefficient (Wildman–Crippen LogP) is 4.30. The lowest BCUT2D eigenvalue weighted by Crippen LogP contribution is -2.33. The number of ether oxygens (including phenoxy) is 1. The number of thioether (sulfide) groups is 1. The second-order valence-electron chi connectivity index (χ2n) is 8.43. The van der Waals surface area contributed by atoms with Gasteiger partial charge in [0.15, 0.2) is 11.0 Å². The van der Waals surface area contributed by atoms with Crippen LogP contribution >= 0.6 is 11.8 Å². The van der Waals surface area contributed by atoms with Crippen molar-refractivity contribution >= 4 is 29.3 Å². The van der Waals surface area contributed by atoms with Crippen LogP contribution in [0.2, 0.25) is 0 Å².